The third kappa shape index (κ3) is 1.37. The van der Waals surface area contributed by atoms with E-state index >= 15 is 0 Å². The van der Waals surface area contributed by atoms with Crippen LogP contribution in [0.25, 0.3) is 0 Å². The van der Waals surface area contributed by atoms with Crippen LogP contribution in [0, 0.1) is 3.70 Å². The van der Waals surface area contributed by atoms with E-state index in [0.717, 1.165) is 22.1 Å². The zero-order chi connectivity index (χ0) is 8.55. The number of ketones is 1. The van der Waals surface area contributed by atoms with Crippen molar-refractivity contribution < 1.29 is 4.79 Å². The molecule has 0 amide bonds. The van der Waals surface area contributed by atoms with Crippen LogP contribution in [-0.4, -0.2) is 10.8 Å². The second-order valence-corrected chi connectivity index (χ2v) is 4.02. The highest BCUT2D eigenvalue weighted by Gasteiger charge is 2.18. The number of carbonyl (C=O) groups is 1. The lowest BCUT2D eigenvalue weighted by molar-refractivity contribution is 0.0967. The molecule has 1 aliphatic carbocycles. The van der Waals surface area contributed by atoms with Crippen LogP contribution in [0.2, 0.25) is 0 Å². The Hall–Kier alpha value is -0.450. The average Bonchev–Trinajstić information content (AvgIpc) is 2.07. The topological polar surface area (TPSA) is 30.0 Å². The Morgan fingerprint density at radius 3 is 3.00 bits per heavy atom. The first kappa shape index (κ1) is 8.16. The predicted molar refractivity (Wildman–Crippen MR) is 54.2 cm³/mol. The molecule has 1 heterocycles. The van der Waals surface area contributed by atoms with Gasteiger partial charge in [0.05, 0.1) is 0 Å². The Kier molecular flexibility index (Phi) is 2.12. The van der Waals surface area contributed by atoms with Gasteiger partial charge in [-0.05, 0) is 47.1 Å². The number of rotatable bonds is 0. The van der Waals surface area contributed by atoms with Gasteiger partial charge in [-0.25, -0.2) is 4.98 Å². The molecule has 0 spiro atoms. The van der Waals surface area contributed by atoms with Gasteiger partial charge in [-0.2, -0.15) is 0 Å². The number of carbonyl (C=O) groups excluding carboxylic acids is 1. The molecule has 0 atom stereocenters. The van der Waals surface area contributed by atoms with E-state index in [-0.39, 0.29) is 5.78 Å². The van der Waals surface area contributed by atoms with E-state index in [1.54, 1.807) is 0 Å². The number of aryl methyl sites for hydroxylation is 1. The van der Waals surface area contributed by atoms with E-state index in [1.165, 1.54) is 0 Å². The number of Topliss-reactive ketones (excluding diaryl/α,β-unsaturated/α-hetero) is 1. The Balaban J connectivity index is 2.54. The fourth-order valence-electron chi connectivity index (χ4n) is 1.47. The monoisotopic (exact) mass is 273 g/mol. The molecule has 0 bridgehead atoms. The van der Waals surface area contributed by atoms with Gasteiger partial charge in [-0.15, -0.1) is 0 Å². The van der Waals surface area contributed by atoms with Gasteiger partial charge in [0.2, 0.25) is 0 Å². The van der Waals surface area contributed by atoms with Crippen LogP contribution >= 0.6 is 22.6 Å². The first-order valence-electron chi connectivity index (χ1n) is 3.96. The number of pyridine rings is 1. The molecule has 0 aromatic carbocycles. The molecule has 62 valence electrons. The lowest BCUT2D eigenvalue weighted by atomic mass is 9.95. The highest BCUT2D eigenvalue weighted by Crippen LogP contribution is 2.19. The van der Waals surface area contributed by atoms with E-state index in [0.29, 0.717) is 12.1 Å². The highest BCUT2D eigenvalue weighted by atomic mass is 127. The van der Waals surface area contributed by atoms with E-state index in [1.807, 2.05) is 12.1 Å². The summed E-state index contributed by atoms with van der Waals surface area (Å²) in [5.41, 5.74) is 1.82. The zero-order valence-electron chi connectivity index (χ0n) is 6.51. The summed E-state index contributed by atoms with van der Waals surface area (Å²) in [7, 11) is 0. The predicted octanol–water partition coefficient (Wildman–Crippen LogP) is 2.21. The number of aromatic nitrogens is 1. The maximum atomic E-state index is 11.4. The maximum absolute atomic E-state index is 11.4. The van der Waals surface area contributed by atoms with Gasteiger partial charge >= 0.3 is 0 Å². The SMILES string of the molecule is O=C1CCCc2ccc(I)nc21. The van der Waals surface area contributed by atoms with Gasteiger partial charge in [0.25, 0.3) is 0 Å². The summed E-state index contributed by atoms with van der Waals surface area (Å²) in [6.45, 7) is 0. The van der Waals surface area contributed by atoms with Crippen LogP contribution in [-0.2, 0) is 6.42 Å². The molecule has 0 N–H and O–H groups in total. The summed E-state index contributed by atoms with van der Waals surface area (Å²) < 4.78 is 0.904. The standard InChI is InChI=1S/C9H8INO/c10-8-5-4-6-2-1-3-7(12)9(6)11-8/h4-5H,1-3H2. The van der Waals surface area contributed by atoms with Crippen molar-refractivity contribution in [3.63, 3.8) is 0 Å². The number of hydrogen-bond acceptors (Lipinski definition) is 2. The average molecular weight is 273 g/mol. The summed E-state index contributed by atoms with van der Waals surface area (Å²) in [6.07, 6.45) is 2.65. The Labute approximate surface area is 84.5 Å². The lowest BCUT2D eigenvalue weighted by Crippen LogP contribution is -2.13. The van der Waals surface area contributed by atoms with Crippen molar-refractivity contribution in [2.45, 2.75) is 19.3 Å². The van der Waals surface area contributed by atoms with E-state index < -0.39 is 0 Å². The van der Waals surface area contributed by atoms with Gasteiger partial charge in [-0.3, -0.25) is 4.79 Å². The third-order valence-corrected chi connectivity index (χ3v) is 2.66. The van der Waals surface area contributed by atoms with Gasteiger partial charge in [-0.1, -0.05) is 6.07 Å². The van der Waals surface area contributed by atoms with Crippen LogP contribution in [0.4, 0.5) is 0 Å². The smallest absolute Gasteiger partial charge is 0.181 e. The first-order chi connectivity index (χ1) is 5.77. The van der Waals surface area contributed by atoms with Crippen molar-refractivity contribution in [3.05, 3.63) is 27.1 Å². The minimum atomic E-state index is 0.203. The summed E-state index contributed by atoms with van der Waals surface area (Å²) in [4.78, 5) is 15.6. The Bertz CT molecular complexity index is 335. The maximum Gasteiger partial charge on any atom is 0.181 e. The fourth-order valence-corrected chi connectivity index (χ4v) is 1.89. The summed E-state index contributed by atoms with van der Waals surface area (Å²) in [5, 5.41) is 0. The molecule has 0 saturated carbocycles. The Morgan fingerprint density at radius 2 is 2.17 bits per heavy atom. The largest absolute Gasteiger partial charge is 0.292 e. The molecule has 12 heavy (non-hydrogen) atoms. The third-order valence-electron chi connectivity index (χ3n) is 2.06. The molecule has 3 heteroatoms. The normalized spacial score (nSPS) is 15.9. The van der Waals surface area contributed by atoms with Crippen LogP contribution in [0.5, 0.6) is 0 Å². The van der Waals surface area contributed by atoms with Crippen molar-refractivity contribution >= 4 is 28.4 Å². The highest BCUT2D eigenvalue weighted by molar-refractivity contribution is 14.1. The molecule has 0 fully saturated rings. The van der Waals surface area contributed by atoms with Crippen molar-refractivity contribution in [1.29, 1.82) is 0 Å². The molecular formula is C9H8INO. The van der Waals surface area contributed by atoms with Gasteiger partial charge in [0.15, 0.2) is 5.78 Å². The number of hydrogen-bond donors (Lipinski definition) is 0. The quantitative estimate of drug-likeness (QED) is 0.536. The molecule has 0 unspecified atom stereocenters. The molecule has 1 aromatic heterocycles. The number of fused-ring (bicyclic) bond motifs is 1. The first-order valence-corrected chi connectivity index (χ1v) is 5.04. The van der Waals surface area contributed by atoms with Crippen molar-refractivity contribution in [2.24, 2.45) is 0 Å². The Morgan fingerprint density at radius 1 is 1.33 bits per heavy atom. The summed E-state index contributed by atoms with van der Waals surface area (Å²) in [6, 6.07) is 3.97. The minimum absolute atomic E-state index is 0.203. The van der Waals surface area contributed by atoms with Gasteiger partial charge in [0, 0.05) is 6.42 Å². The molecule has 0 aliphatic heterocycles. The minimum Gasteiger partial charge on any atom is -0.292 e. The molecule has 0 saturated heterocycles. The molecule has 1 aliphatic rings. The van der Waals surface area contributed by atoms with Crippen LogP contribution in [0.3, 0.4) is 0 Å². The molecule has 0 radical (unpaired) electrons. The molecule has 2 rings (SSSR count). The fraction of sp³-hybridized carbons (Fsp3) is 0.333. The van der Waals surface area contributed by atoms with Crippen LogP contribution in [0.1, 0.15) is 28.9 Å². The number of halogens is 1. The van der Waals surface area contributed by atoms with Crippen molar-refractivity contribution in [1.82, 2.24) is 4.98 Å². The van der Waals surface area contributed by atoms with E-state index in [4.69, 9.17) is 0 Å². The van der Waals surface area contributed by atoms with Crippen LogP contribution in [0.15, 0.2) is 12.1 Å². The van der Waals surface area contributed by atoms with Crippen LogP contribution < -0.4 is 0 Å². The second kappa shape index (κ2) is 3.12. The second-order valence-electron chi connectivity index (χ2n) is 2.92. The lowest BCUT2D eigenvalue weighted by Gasteiger charge is -2.12. The molecule has 1 aromatic rings. The molecule has 2 nitrogen and oxygen atoms in total. The summed E-state index contributed by atoms with van der Waals surface area (Å²) >= 11 is 2.13. The number of nitrogens with zero attached hydrogens (tertiary/aromatic N) is 1. The van der Waals surface area contributed by atoms with Crippen molar-refractivity contribution in [2.75, 3.05) is 0 Å². The van der Waals surface area contributed by atoms with Crippen molar-refractivity contribution in [3.8, 4) is 0 Å². The zero-order valence-corrected chi connectivity index (χ0v) is 8.67. The summed E-state index contributed by atoms with van der Waals surface area (Å²) in [5.74, 6) is 0.203. The van der Waals surface area contributed by atoms with E-state index in [9.17, 15) is 4.79 Å². The van der Waals surface area contributed by atoms with Gasteiger partial charge in [0.1, 0.15) is 9.39 Å². The van der Waals surface area contributed by atoms with E-state index in [2.05, 4.69) is 27.6 Å². The molecular weight excluding hydrogens is 265 g/mol. The van der Waals surface area contributed by atoms with Gasteiger partial charge < -0.3 is 0 Å².